The molecule has 5 heteroatoms. The van der Waals surface area contributed by atoms with Crippen molar-refractivity contribution < 1.29 is 14.3 Å². The second kappa shape index (κ2) is 6.13. The number of ether oxygens (including phenoxy) is 2. The summed E-state index contributed by atoms with van der Waals surface area (Å²) in [5, 5.41) is 6.39. The van der Waals surface area contributed by atoms with Gasteiger partial charge in [0, 0.05) is 12.1 Å². The van der Waals surface area contributed by atoms with Gasteiger partial charge in [-0.2, -0.15) is 0 Å². The molecule has 1 aliphatic rings. The Kier molecular flexibility index (Phi) is 4.49. The highest BCUT2D eigenvalue weighted by molar-refractivity contribution is 5.99. The van der Waals surface area contributed by atoms with Gasteiger partial charge in [0.25, 0.3) is 5.91 Å². The van der Waals surface area contributed by atoms with E-state index in [2.05, 4.69) is 17.6 Å². The Morgan fingerprint density at radius 2 is 2.00 bits per heavy atom. The van der Waals surface area contributed by atoms with Gasteiger partial charge >= 0.3 is 0 Å². The molecule has 1 aromatic carbocycles. The van der Waals surface area contributed by atoms with Gasteiger partial charge in [-0.25, -0.2) is 0 Å². The highest BCUT2D eigenvalue weighted by Gasteiger charge is 2.29. The number of carbonyl (C=O) groups excluding carboxylic acids is 1. The molecule has 1 fully saturated rings. The molecule has 110 valence electrons. The molecular weight excluding hydrogens is 256 g/mol. The summed E-state index contributed by atoms with van der Waals surface area (Å²) in [6.45, 7) is 3.72. The molecule has 0 aliphatic carbocycles. The molecule has 1 aromatic rings. The number of hydrogen-bond acceptors (Lipinski definition) is 4. The number of nitrogens with one attached hydrogen (secondary N) is 2. The first-order valence-corrected chi connectivity index (χ1v) is 6.84. The van der Waals surface area contributed by atoms with E-state index in [1.54, 1.807) is 32.4 Å². The Hall–Kier alpha value is -1.75. The number of amides is 1. The maximum absolute atomic E-state index is 12.4. The van der Waals surface area contributed by atoms with Crippen LogP contribution in [0.4, 0.5) is 0 Å². The van der Waals surface area contributed by atoms with Crippen LogP contribution >= 0.6 is 0 Å². The lowest BCUT2D eigenvalue weighted by atomic mass is 10.0. The second-order valence-corrected chi connectivity index (χ2v) is 5.31. The zero-order valence-electron chi connectivity index (χ0n) is 12.3. The van der Waals surface area contributed by atoms with Crippen LogP contribution < -0.4 is 20.1 Å². The van der Waals surface area contributed by atoms with E-state index >= 15 is 0 Å². The summed E-state index contributed by atoms with van der Waals surface area (Å²) in [7, 11) is 3.09. The molecule has 0 spiro atoms. The van der Waals surface area contributed by atoms with E-state index in [0.29, 0.717) is 23.6 Å². The van der Waals surface area contributed by atoms with Crippen molar-refractivity contribution in [2.24, 2.45) is 0 Å². The van der Waals surface area contributed by atoms with Crippen molar-refractivity contribution in [1.29, 1.82) is 0 Å². The summed E-state index contributed by atoms with van der Waals surface area (Å²) < 4.78 is 10.5. The van der Waals surface area contributed by atoms with Crippen LogP contribution in [0.25, 0.3) is 0 Å². The van der Waals surface area contributed by atoms with Gasteiger partial charge in [0.1, 0.15) is 17.1 Å². The molecule has 1 atom stereocenters. The van der Waals surface area contributed by atoms with Crippen LogP contribution in [0.15, 0.2) is 18.2 Å². The SMILES string of the molecule is COc1cccc(OC)c1C(=O)NCC1(C)CCCN1. The van der Waals surface area contributed by atoms with Crippen LogP contribution in [0.3, 0.4) is 0 Å². The van der Waals surface area contributed by atoms with Crippen LogP contribution in [-0.4, -0.2) is 38.8 Å². The smallest absolute Gasteiger partial charge is 0.258 e. The summed E-state index contributed by atoms with van der Waals surface area (Å²) >= 11 is 0. The fraction of sp³-hybridized carbons (Fsp3) is 0.533. The predicted octanol–water partition coefficient (Wildman–Crippen LogP) is 1.58. The van der Waals surface area contributed by atoms with Gasteiger partial charge in [-0.15, -0.1) is 0 Å². The van der Waals surface area contributed by atoms with E-state index < -0.39 is 0 Å². The van der Waals surface area contributed by atoms with Gasteiger partial charge in [-0.1, -0.05) is 6.07 Å². The highest BCUT2D eigenvalue weighted by atomic mass is 16.5. The molecule has 5 nitrogen and oxygen atoms in total. The first-order chi connectivity index (χ1) is 9.59. The Labute approximate surface area is 119 Å². The standard InChI is InChI=1S/C15H22N2O3/c1-15(8-5-9-17-15)10-16-14(18)13-11(19-2)6-4-7-12(13)20-3/h4,6-7,17H,5,8-10H2,1-3H3,(H,16,18). The Morgan fingerprint density at radius 3 is 2.50 bits per heavy atom. The Morgan fingerprint density at radius 1 is 1.35 bits per heavy atom. The average Bonchev–Trinajstić information content (AvgIpc) is 2.91. The van der Waals surface area contributed by atoms with Crippen LogP contribution in [0.5, 0.6) is 11.5 Å². The molecule has 2 N–H and O–H groups in total. The van der Waals surface area contributed by atoms with E-state index in [0.717, 1.165) is 19.4 Å². The average molecular weight is 278 g/mol. The van der Waals surface area contributed by atoms with Gasteiger partial charge in [0.15, 0.2) is 0 Å². The number of rotatable bonds is 5. The van der Waals surface area contributed by atoms with Gasteiger partial charge in [0.2, 0.25) is 0 Å². The lowest BCUT2D eigenvalue weighted by molar-refractivity contribution is 0.0936. The molecule has 0 bridgehead atoms. The minimum atomic E-state index is -0.172. The summed E-state index contributed by atoms with van der Waals surface area (Å²) in [5.74, 6) is 0.868. The molecule has 1 amide bonds. The largest absolute Gasteiger partial charge is 0.496 e. The van der Waals surface area contributed by atoms with Crippen molar-refractivity contribution in [3.05, 3.63) is 23.8 Å². The second-order valence-electron chi connectivity index (χ2n) is 5.31. The normalized spacial score (nSPS) is 21.6. The van der Waals surface area contributed by atoms with Crippen LogP contribution in [0, 0.1) is 0 Å². The summed E-state index contributed by atoms with van der Waals surface area (Å²) in [4.78, 5) is 12.4. The number of carbonyl (C=O) groups is 1. The third kappa shape index (κ3) is 3.04. The predicted molar refractivity (Wildman–Crippen MR) is 77.5 cm³/mol. The minimum absolute atomic E-state index is 0.0229. The first-order valence-electron chi connectivity index (χ1n) is 6.84. The summed E-state index contributed by atoms with van der Waals surface area (Å²) in [5.41, 5.74) is 0.421. The van der Waals surface area contributed by atoms with E-state index in [1.807, 2.05) is 0 Å². The lowest BCUT2D eigenvalue weighted by Gasteiger charge is -2.25. The number of benzene rings is 1. The minimum Gasteiger partial charge on any atom is -0.496 e. The van der Waals surface area contributed by atoms with E-state index in [4.69, 9.17) is 9.47 Å². The summed E-state index contributed by atoms with van der Waals surface area (Å²) in [6, 6.07) is 5.31. The van der Waals surface area contributed by atoms with E-state index in [-0.39, 0.29) is 11.4 Å². The Balaban J connectivity index is 2.12. The lowest BCUT2D eigenvalue weighted by Crippen LogP contribution is -2.47. The highest BCUT2D eigenvalue weighted by Crippen LogP contribution is 2.28. The molecule has 1 saturated heterocycles. The van der Waals surface area contributed by atoms with Gasteiger partial charge in [-0.3, -0.25) is 4.79 Å². The van der Waals surface area contributed by atoms with Gasteiger partial charge in [0.05, 0.1) is 14.2 Å². The zero-order chi connectivity index (χ0) is 14.6. The van der Waals surface area contributed by atoms with Gasteiger partial charge in [-0.05, 0) is 38.4 Å². The van der Waals surface area contributed by atoms with Crippen molar-refractivity contribution in [2.75, 3.05) is 27.3 Å². The van der Waals surface area contributed by atoms with Crippen LogP contribution in [0.1, 0.15) is 30.1 Å². The molecule has 0 saturated carbocycles. The number of methoxy groups -OCH3 is 2. The van der Waals surface area contributed by atoms with Crippen molar-refractivity contribution in [3.63, 3.8) is 0 Å². The van der Waals surface area contributed by atoms with Crippen LogP contribution in [0.2, 0.25) is 0 Å². The van der Waals surface area contributed by atoms with Crippen molar-refractivity contribution in [1.82, 2.24) is 10.6 Å². The maximum Gasteiger partial charge on any atom is 0.258 e. The quantitative estimate of drug-likeness (QED) is 0.858. The third-order valence-electron chi connectivity index (χ3n) is 3.75. The molecular formula is C15H22N2O3. The monoisotopic (exact) mass is 278 g/mol. The van der Waals surface area contributed by atoms with E-state index in [1.165, 1.54) is 0 Å². The van der Waals surface area contributed by atoms with E-state index in [9.17, 15) is 4.79 Å². The molecule has 2 rings (SSSR count). The molecule has 0 aromatic heterocycles. The fourth-order valence-corrected chi connectivity index (χ4v) is 2.55. The maximum atomic E-state index is 12.4. The molecule has 0 radical (unpaired) electrons. The van der Waals surface area contributed by atoms with Crippen molar-refractivity contribution >= 4 is 5.91 Å². The molecule has 20 heavy (non-hydrogen) atoms. The van der Waals surface area contributed by atoms with Crippen molar-refractivity contribution in [3.8, 4) is 11.5 Å². The molecule has 1 aliphatic heterocycles. The van der Waals surface area contributed by atoms with Gasteiger partial charge < -0.3 is 20.1 Å². The third-order valence-corrected chi connectivity index (χ3v) is 3.75. The molecule has 1 heterocycles. The van der Waals surface area contributed by atoms with Crippen LogP contribution in [-0.2, 0) is 0 Å². The first kappa shape index (κ1) is 14.7. The Bertz CT molecular complexity index is 460. The topological polar surface area (TPSA) is 59.6 Å². The fourth-order valence-electron chi connectivity index (χ4n) is 2.55. The van der Waals surface area contributed by atoms with Crippen molar-refractivity contribution in [2.45, 2.75) is 25.3 Å². The summed E-state index contributed by atoms with van der Waals surface area (Å²) in [6.07, 6.45) is 2.21. The zero-order valence-corrected chi connectivity index (χ0v) is 12.3. The molecule has 1 unspecified atom stereocenters. The number of hydrogen-bond donors (Lipinski definition) is 2.